The maximum Gasteiger partial charge on any atom is 0.324 e. The molecule has 1 aliphatic heterocycles. The number of carbonyl (C=O) groups is 1. The van der Waals surface area contributed by atoms with Crippen molar-refractivity contribution >= 4 is 17.6 Å². The van der Waals surface area contributed by atoms with E-state index in [0.717, 1.165) is 12.8 Å². The second-order valence-electron chi connectivity index (χ2n) is 2.90. The molecule has 1 rings (SSSR count). The van der Waals surface area contributed by atoms with Crippen LogP contribution in [0.15, 0.2) is 12.2 Å². The van der Waals surface area contributed by atoms with Gasteiger partial charge in [-0.3, -0.25) is 4.79 Å². The predicted octanol–water partition coefficient (Wildman–Crippen LogP) is 2.27. The zero-order chi connectivity index (χ0) is 8.97. The molecule has 1 saturated heterocycles. The van der Waals surface area contributed by atoms with Crippen LogP contribution in [0.25, 0.3) is 0 Å². The van der Waals surface area contributed by atoms with Gasteiger partial charge in [-0.1, -0.05) is 19.4 Å². The normalized spacial score (nSPS) is 29.7. The van der Waals surface area contributed by atoms with Crippen molar-refractivity contribution in [2.45, 2.75) is 37.7 Å². The number of allylic oxidation sites excluding steroid dienone is 1. The average Bonchev–Trinajstić information content (AvgIpc) is 2.32. The summed E-state index contributed by atoms with van der Waals surface area (Å²) in [7, 11) is 0. The largest absolute Gasteiger partial charge is 0.457 e. The molecule has 0 bridgehead atoms. The van der Waals surface area contributed by atoms with Crippen molar-refractivity contribution in [2.24, 2.45) is 0 Å². The first-order valence-corrected chi connectivity index (χ1v) is 4.69. The Morgan fingerprint density at radius 1 is 1.75 bits per heavy atom. The van der Waals surface area contributed by atoms with Crippen molar-refractivity contribution in [1.82, 2.24) is 0 Å². The number of hydrogen-bond donors (Lipinski definition) is 0. The molecule has 0 radical (unpaired) electrons. The minimum absolute atomic E-state index is 0.0912. The molecule has 1 aliphatic rings. The van der Waals surface area contributed by atoms with Crippen LogP contribution >= 0.6 is 11.6 Å². The Bertz CT molecular complexity index is 189. The second-order valence-corrected chi connectivity index (χ2v) is 3.42. The molecule has 12 heavy (non-hydrogen) atoms. The molecular formula is C9H13ClO2. The monoisotopic (exact) mass is 188 g/mol. The van der Waals surface area contributed by atoms with Crippen LogP contribution in [0, 0.1) is 0 Å². The standard InChI is InChI=1S/C9H13ClO2/c1-2-3-4-5-7-6-8(10)9(11)12-7/h4-5,7-8H,2-3,6H2,1H3/b5-4+/t7-,8+/m1/s1. The van der Waals surface area contributed by atoms with Crippen LogP contribution < -0.4 is 0 Å². The summed E-state index contributed by atoms with van der Waals surface area (Å²) in [4.78, 5) is 10.8. The van der Waals surface area contributed by atoms with E-state index in [4.69, 9.17) is 16.3 Å². The lowest BCUT2D eigenvalue weighted by atomic mass is 10.2. The van der Waals surface area contributed by atoms with E-state index in [1.54, 1.807) is 0 Å². The molecular weight excluding hydrogens is 176 g/mol. The fraction of sp³-hybridized carbons (Fsp3) is 0.667. The van der Waals surface area contributed by atoms with E-state index >= 15 is 0 Å². The van der Waals surface area contributed by atoms with E-state index in [1.165, 1.54) is 0 Å². The summed E-state index contributed by atoms with van der Waals surface area (Å²) < 4.78 is 4.96. The molecule has 1 heterocycles. The molecule has 3 heteroatoms. The van der Waals surface area contributed by atoms with Gasteiger partial charge in [0.2, 0.25) is 0 Å². The summed E-state index contributed by atoms with van der Waals surface area (Å²) in [6.07, 6.45) is 6.62. The van der Waals surface area contributed by atoms with Crippen LogP contribution in [0.5, 0.6) is 0 Å². The zero-order valence-electron chi connectivity index (χ0n) is 7.13. The number of ether oxygens (including phenoxy) is 1. The van der Waals surface area contributed by atoms with Gasteiger partial charge in [-0.15, -0.1) is 11.6 Å². The van der Waals surface area contributed by atoms with Gasteiger partial charge in [0.25, 0.3) is 0 Å². The third kappa shape index (κ3) is 2.52. The quantitative estimate of drug-likeness (QED) is 0.386. The van der Waals surface area contributed by atoms with Gasteiger partial charge in [0, 0.05) is 6.42 Å². The minimum atomic E-state index is -0.443. The summed E-state index contributed by atoms with van der Waals surface area (Å²) in [6.45, 7) is 2.11. The number of alkyl halides is 1. The average molecular weight is 189 g/mol. The summed E-state index contributed by atoms with van der Waals surface area (Å²) in [5, 5.41) is -0.443. The fourth-order valence-corrected chi connectivity index (χ4v) is 1.33. The van der Waals surface area contributed by atoms with Crippen molar-refractivity contribution in [3.63, 3.8) is 0 Å². The molecule has 0 saturated carbocycles. The third-order valence-electron chi connectivity index (χ3n) is 1.77. The first-order valence-electron chi connectivity index (χ1n) is 4.25. The first kappa shape index (κ1) is 9.59. The number of hydrogen-bond acceptors (Lipinski definition) is 2. The summed E-state index contributed by atoms with van der Waals surface area (Å²) in [5.74, 6) is -0.289. The predicted molar refractivity (Wildman–Crippen MR) is 48.2 cm³/mol. The number of cyclic esters (lactones) is 1. The number of esters is 1. The SMILES string of the molecule is CCC/C=C/[C@@H]1C[C@H](Cl)C(=O)O1. The van der Waals surface area contributed by atoms with E-state index in [-0.39, 0.29) is 12.1 Å². The van der Waals surface area contributed by atoms with Crippen molar-refractivity contribution in [3.8, 4) is 0 Å². The summed E-state index contributed by atoms with van der Waals surface area (Å²) in [6, 6.07) is 0. The lowest BCUT2D eigenvalue weighted by molar-refractivity contribution is -0.139. The van der Waals surface area contributed by atoms with Crippen molar-refractivity contribution < 1.29 is 9.53 Å². The molecule has 0 aromatic carbocycles. The van der Waals surface area contributed by atoms with E-state index in [2.05, 4.69) is 6.92 Å². The molecule has 0 N–H and O–H groups in total. The minimum Gasteiger partial charge on any atom is -0.457 e. The highest BCUT2D eigenvalue weighted by Crippen LogP contribution is 2.20. The topological polar surface area (TPSA) is 26.3 Å². The highest BCUT2D eigenvalue weighted by molar-refractivity contribution is 6.30. The van der Waals surface area contributed by atoms with Crippen molar-refractivity contribution in [3.05, 3.63) is 12.2 Å². The van der Waals surface area contributed by atoms with Crippen LogP contribution in [0.2, 0.25) is 0 Å². The Labute approximate surface area is 77.5 Å². The first-order chi connectivity index (χ1) is 5.74. The highest BCUT2D eigenvalue weighted by atomic mass is 35.5. The van der Waals surface area contributed by atoms with Crippen LogP contribution in [-0.2, 0) is 9.53 Å². The Hall–Kier alpha value is -0.500. The molecule has 0 amide bonds. The highest BCUT2D eigenvalue weighted by Gasteiger charge is 2.30. The number of unbranched alkanes of at least 4 members (excludes halogenated alkanes) is 1. The Morgan fingerprint density at radius 2 is 2.50 bits per heavy atom. The van der Waals surface area contributed by atoms with Gasteiger partial charge < -0.3 is 4.74 Å². The van der Waals surface area contributed by atoms with Gasteiger partial charge in [0.15, 0.2) is 0 Å². The third-order valence-corrected chi connectivity index (χ3v) is 2.12. The van der Waals surface area contributed by atoms with E-state index in [1.807, 2.05) is 12.2 Å². The van der Waals surface area contributed by atoms with E-state index in [9.17, 15) is 4.79 Å². The molecule has 2 atom stereocenters. The smallest absolute Gasteiger partial charge is 0.324 e. The Balaban J connectivity index is 2.32. The molecule has 0 unspecified atom stereocenters. The maximum absolute atomic E-state index is 10.8. The van der Waals surface area contributed by atoms with Crippen LogP contribution in [0.3, 0.4) is 0 Å². The number of rotatable bonds is 3. The summed E-state index contributed by atoms with van der Waals surface area (Å²) in [5.41, 5.74) is 0. The van der Waals surface area contributed by atoms with Gasteiger partial charge >= 0.3 is 5.97 Å². The van der Waals surface area contributed by atoms with Crippen LogP contribution in [-0.4, -0.2) is 17.5 Å². The molecule has 0 aromatic heterocycles. The Morgan fingerprint density at radius 3 is 3.00 bits per heavy atom. The maximum atomic E-state index is 10.8. The van der Waals surface area contributed by atoms with Gasteiger partial charge in [-0.05, 0) is 12.5 Å². The van der Waals surface area contributed by atoms with Crippen molar-refractivity contribution in [2.75, 3.05) is 0 Å². The lowest BCUT2D eigenvalue weighted by Crippen LogP contribution is -2.05. The van der Waals surface area contributed by atoms with Gasteiger partial charge in [-0.25, -0.2) is 0 Å². The lowest BCUT2D eigenvalue weighted by Gasteiger charge is -2.00. The molecule has 0 aliphatic carbocycles. The Kier molecular flexibility index (Phi) is 3.60. The molecule has 1 fully saturated rings. The number of halogens is 1. The van der Waals surface area contributed by atoms with Gasteiger partial charge in [-0.2, -0.15) is 0 Å². The molecule has 2 nitrogen and oxygen atoms in total. The fourth-order valence-electron chi connectivity index (χ4n) is 1.10. The number of carbonyl (C=O) groups excluding carboxylic acids is 1. The van der Waals surface area contributed by atoms with Gasteiger partial charge in [0.1, 0.15) is 11.5 Å². The zero-order valence-corrected chi connectivity index (χ0v) is 7.88. The molecule has 0 aromatic rings. The van der Waals surface area contributed by atoms with E-state index < -0.39 is 5.38 Å². The van der Waals surface area contributed by atoms with Gasteiger partial charge in [0.05, 0.1) is 0 Å². The molecule has 0 spiro atoms. The molecule has 68 valence electrons. The van der Waals surface area contributed by atoms with E-state index in [0.29, 0.717) is 6.42 Å². The second kappa shape index (κ2) is 4.51. The summed E-state index contributed by atoms with van der Waals surface area (Å²) >= 11 is 5.66. The van der Waals surface area contributed by atoms with Crippen molar-refractivity contribution in [1.29, 1.82) is 0 Å². The van der Waals surface area contributed by atoms with Crippen LogP contribution in [0.1, 0.15) is 26.2 Å². The van der Waals surface area contributed by atoms with Crippen LogP contribution in [0.4, 0.5) is 0 Å².